The minimum atomic E-state index is -3.44. The number of sulfonamides is 1. The number of thiophene rings is 1. The van der Waals surface area contributed by atoms with Gasteiger partial charge in [0.25, 0.3) is 10.0 Å². The van der Waals surface area contributed by atoms with Gasteiger partial charge >= 0.3 is 0 Å². The predicted molar refractivity (Wildman–Crippen MR) is 121 cm³/mol. The fraction of sp³-hybridized carbons (Fsp3) is 0.500. The van der Waals surface area contributed by atoms with E-state index in [1.54, 1.807) is 17.5 Å². The molecule has 1 aliphatic heterocycles. The first-order valence-electron chi connectivity index (χ1n) is 10.7. The third-order valence-electron chi connectivity index (χ3n) is 5.23. The molecule has 0 aliphatic carbocycles. The fourth-order valence-corrected chi connectivity index (χ4v) is 6.24. The topological polar surface area (TPSA) is 84.9 Å². The lowest BCUT2D eigenvalue weighted by Crippen LogP contribution is -2.43. The highest BCUT2D eigenvalue weighted by atomic mass is 32.2. The first kappa shape index (κ1) is 23.6. The zero-order valence-electron chi connectivity index (χ0n) is 18.0. The lowest BCUT2D eigenvalue weighted by Gasteiger charge is -2.30. The van der Waals surface area contributed by atoms with Crippen LogP contribution in [0.4, 0.5) is 0 Å². The van der Waals surface area contributed by atoms with Crippen molar-refractivity contribution in [2.45, 2.75) is 37.3 Å². The summed E-state index contributed by atoms with van der Waals surface area (Å²) in [6, 6.07) is 9.19. The van der Waals surface area contributed by atoms with Gasteiger partial charge in [0, 0.05) is 25.6 Å². The number of carbonyl (C=O) groups is 1. The molecule has 1 saturated heterocycles. The highest BCUT2D eigenvalue weighted by molar-refractivity contribution is 7.91. The molecule has 0 bridgehead atoms. The van der Waals surface area contributed by atoms with Gasteiger partial charge in [-0.15, -0.1) is 11.3 Å². The maximum Gasteiger partial charge on any atom is 0.252 e. The van der Waals surface area contributed by atoms with E-state index in [9.17, 15) is 13.2 Å². The minimum absolute atomic E-state index is 0.0101. The van der Waals surface area contributed by atoms with E-state index in [-0.39, 0.29) is 11.8 Å². The molecule has 1 aromatic heterocycles. The Morgan fingerprint density at radius 1 is 1.13 bits per heavy atom. The van der Waals surface area contributed by atoms with Gasteiger partial charge in [-0.1, -0.05) is 12.1 Å². The molecule has 1 aromatic carbocycles. The summed E-state index contributed by atoms with van der Waals surface area (Å²) in [5.74, 6) is 1.27. The lowest BCUT2D eigenvalue weighted by molar-refractivity contribution is -0.126. The molecular weight excluding hydrogens is 436 g/mol. The van der Waals surface area contributed by atoms with Crippen LogP contribution in [0.3, 0.4) is 0 Å². The highest BCUT2D eigenvalue weighted by Gasteiger charge is 2.32. The molecule has 0 atom stereocenters. The Kier molecular flexibility index (Phi) is 8.34. The van der Waals surface area contributed by atoms with Crippen LogP contribution in [0.2, 0.25) is 0 Å². The molecule has 1 aliphatic rings. The van der Waals surface area contributed by atoms with Gasteiger partial charge < -0.3 is 14.8 Å². The van der Waals surface area contributed by atoms with Crippen molar-refractivity contribution in [3.05, 3.63) is 41.3 Å². The molecule has 0 radical (unpaired) electrons. The van der Waals surface area contributed by atoms with Crippen molar-refractivity contribution >= 4 is 27.3 Å². The number of benzene rings is 1. The average Bonchev–Trinajstić information content (AvgIpc) is 3.32. The summed E-state index contributed by atoms with van der Waals surface area (Å²) >= 11 is 1.22. The third kappa shape index (κ3) is 5.99. The summed E-state index contributed by atoms with van der Waals surface area (Å²) in [6.07, 6.45) is 1.76. The fourth-order valence-electron chi connectivity index (χ4n) is 3.62. The van der Waals surface area contributed by atoms with Crippen molar-refractivity contribution in [2.75, 3.05) is 32.8 Å². The second-order valence-corrected chi connectivity index (χ2v) is 10.4. The van der Waals surface area contributed by atoms with Gasteiger partial charge in [0.1, 0.15) is 4.21 Å². The zero-order valence-corrected chi connectivity index (χ0v) is 19.6. The molecule has 1 N–H and O–H groups in total. The maximum atomic E-state index is 12.6. The molecule has 1 amide bonds. The first-order valence-corrected chi connectivity index (χ1v) is 13.0. The summed E-state index contributed by atoms with van der Waals surface area (Å²) in [6.45, 7) is 6.25. The molecule has 7 nitrogen and oxygen atoms in total. The summed E-state index contributed by atoms with van der Waals surface area (Å²) in [5.41, 5.74) is 1.06. The van der Waals surface area contributed by atoms with E-state index < -0.39 is 10.0 Å². The van der Waals surface area contributed by atoms with Crippen molar-refractivity contribution < 1.29 is 22.7 Å². The van der Waals surface area contributed by atoms with Crippen molar-refractivity contribution in [1.29, 1.82) is 0 Å². The monoisotopic (exact) mass is 466 g/mol. The smallest absolute Gasteiger partial charge is 0.252 e. The van der Waals surface area contributed by atoms with Gasteiger partial charge in [0.05, 0.1) is 13.2 Å². The lowest BCUT2D eigenvalue weighted by atomic mass is 9.97. The number of piperidine rings is 1. The number of rotatable bonds is 10. The molecule has 2 aromatic rings. The van der Waals surface area contributed by atoms with E-state index in [2.05, 4.69) is 5.32 Å². The molecule has 31 heavy (non-hydrogen) atoms. The predicted octanol–water partition coefficient (Wildman–Crippen LogP) is 3.31. The van der Waals surface area contributed by atoms with Crippen LogP contribution in [0, 0.1) is 5.92 Å². The van der Waals surface area contributed by atoms with Gasteiger partial charge in [-0.05, 0) is 62.3 Å². The molecule has 0 unspecified atom stereocenters. The van der Waals surface area contributed by atoms with Crippen LogP contribution in [0.15, 0.2) is 39.9 Å². The van der Waals surface area contributed by atoms with Crippen LogP contribution >= 0.6 is 11.3 Å². The van der Waals surface area contributed by atoms with Crippen LogP contribution in [-0.2, 0) is 21.2 Å². The van der Waals surface area contributed by atoms with Crippen molar-refractivity contribution in [1.82, 2.24) is 9.62 Å². The number of nitrogens with zero attached hydrogens (tertiary/aromatic N) is 1. The van der Waals surface area contributed by atoms with Crippen LogP contribution < -0.4 is 14.8 Å². The van der Waals surface area contributed by atoms with E-state index in [0.29, 0.717) is 62.1 Å². The number of hydrogen-bond donors (Lipinski definition) is 1. The van der Waals surface area contributed by atoms with Crippen LogP contribution in [0.1, 0.15) is 32.3 Å². The molecular formula is C22H30N2O5S2. The van der Waals surface area contributed by atoms with Crippen molar-refractivity contribution in [2.24, 2.45) is 5.92 Å². The third-order valence-corrected chi connectivity index (χ3v) is 8.51. The number of nitrogens with one attached hydrogen (secondary N) is 1. The van der Waals surface area contributed by atoms with Gasteiger partial charge in [-0.2, -0.15) is 4.31 Å². The quantitative estimate of drug-likeness (QED) is 0.581. The SMILES string of the molecule is CCOc1ccc(CCNC(=O)C2CCN(S(=O)(=O)c3cccs3)CC2)cc1OCC. The normalized spacial score (nSPS) is 15.5. The molecule has 0 spiro atoms. The van der Waals surface area contributed by atoms with Crippen LogP contribution in [0.5, 0.6) is 11.5 Å². The molecule has 170 valence electrons. The standard InChI is InChI=1S/C22H30N2O5S2/c1-3-28-19-8-7-17(16-20(19)29-4-2)9-12-23-22(25)18-10-13-24(14-11-18)31(26,27)21-6-5-15-30-21/h5-8,15-16,18H,3-4,9-14H2,1-2H3,(H,23,25). The van der Waals surface area contributed by atoms with Crippen molar-refractivity contribution in [3.63, 3.8) is 0 Å². The highest BCUT2D eigenvalue weighted by Crippen LogP contribution is 2.29. The van der Waals surface area contributed by atoms with E-state index in [4.69, 9.17) is 9.47 Å². The molecule has 2 heterocycles. The Hall–Kier alpha value is -2.10. The number of hydrogen-bond acceptors (Lipinski definition) is 6. The molecule has 1 fully saturated rings. The van der Waals surface area contributed by atoms with Gasteiger partial charge in [0.2, 0.25) is 5.91 Å². The van der Waals surface area contributed by atoms with Crippen LogP contribution in [0.25, 0.3) is 0 Å². The van der Waals surface area contributed by atoms with Crippen molar-refractivity contribution in [3.8, 4) is 11.5 Å². The summed E-state index contributed by atoms with van der Waals surface area (Å²) in [5, 5.41) is 4.76. The number of ether oxygens (including phenoxy) is 2. The Morgan fingerprint density at radius 2 is 1.84 bits per heavy atom. The van der Waals surface area contributed by atoms with Gasteiger partial charge in [-0.3, -0.25) is 4.79 Å². The molecule has 9 heteroatoms. The van der Waals surface area contributed by atoms with Crippen LogP contribution in [-0.4, -0.2) is 51.5 Å². The first-order chi connectivity index (χ1) is 15.0. The van der Waals surface area contributed by atoms with E-state index in [0.717, 1.165) is 11.3 Å². The summed E-state index contributed by atoms with van der Waals surface area (Å²) in [4.78, 5) is 12.6. The van der Waals surface area contributed by atoms with Gasteiger partial charge in [-0.25, -0.2) is 8.42 Å². The Bertz CT molecular complexity index is 952. The molecule has 0 saturated carbocycles. The zero-order chi connectivity index (χ0) is 22.3. The van der Waals surface area contributed by atoms with E-state index in [1.165, 1.54) is 15.6 Å². The average molecular weight is 467 g/mol. The summed E-state index contributed by atoms with van der Waals surface area (Å²) < 4.78 is 38.3. The van der Waals surface area contributed by atoms with E-state index >= 15 is 0 Å². The minimum Gasteiger partial charge on any atom is -0.490 e. The van der Waals surface area contributed by atoms with E-state index in [1.807, 2.05) is 32.0 Å². The summed E-state index contributed by atoms with van der Waals surface area (Å²) in [7, 11) is -3.44. The second kappa shape index (κ2) is 11.0. The second-order valence-electron chi connectivity index (χ2n) is 7.30. The number of amides is 1. The Balaban J connectivity index is 1.47. The van der Waals surface area contributed by atoms with Gasteiger partial charge in [0.15, 0.2) is 11.5 Å². The molecule has 3 rings (SSSR count). The Labute approximate surface area is 188 Å². The Morgan fingerprint density at radius 3 is 2.48 bits per heavy atom. The number of carbonyl (C=O) groups excluding carboxylic acids is 1. The maximum absolute atomic E-state index is 12.6. The largest absolute Gasteiger partial charge is 0.490 e.